The van der Waals surface area contributed by atoms with Gasteiger partial charge in [0.1, 0.15) is 0 Å². The van der Waals surface area contributed by atoms with Crippen molar-refractivity contribution in [3.05, 3.63) is 0 Å². The van der Waals surface area contributed by atoms with E-state index < -0.39 is 8.56 Å². The minimum Gasteiger partial charge on any atom is -0.394 e. The van der Waals surface area contributed by atoms with Crippen molar-refractivity contribution in [2.75, 3.05) is 26.3 Å². The maximum Gasteiger partial charge on any atom is 0.338 e. The van der Waals surface area contributed by atoms with Crippen molar-refractivity contribution in [1.29, 1.82) is 0 Å². The highest BCUT2D eigenvalue weighted by atomic mass is 28.4. The third kappa shape index (κ3) is 5.08. The second-order valence-corrected chi connectivity index (χ2v) is 7.16. The van der Waals surface area contributed by atoms with Crippen LogP contribution >= 0.6 is 0 Å². The van der Waals surface area contributed by atoms with E-state index in [2.05, 4.69) is 6.55 Å². The lowest BCUT2D eigenvalue weighted by molar-refractivity contribution is 0.175. The van der Waals surface area contributed by atoms with E-state index in [1.54, 1.807) is 0 Å². The molecule has 5 heteroatoms. The van der Waals surface area contributed by atoms with Crippen LogP contribution in [0.25, 0.3) is 0 Å². The highest BCUT2D eigenvalue weighted by molar-refractivity contribution is 6.67. The largest absolute Gasteiger partial charge is 0.394 e. The van der Waals surface area contributed by atoms with Crippen LogP contribution in [-0.4, -0.2) is 34.9 Å². The Morgan fingerprint density at radius 2 is 1.40 bits per heavy atom. The molecule has 0 aliphatic rings. The number of rotatable bonds is 9. The van der Waals surface area contributed by atoms with Crippen LogP contribution in [0, 0.1) is 0 Å². The van der Waals surface area contributed by atoms with Crippen LogP contribution in [0.3, 0.4) is 0 Å². The first-order chi connectivity index (χ1) is 7.14. The SMILES string of the molecule is CCO[Si](C)(OCC)C(CCN)CCN. The van der Waals surface area contributed by atoms with Gasteiger partial charge in [-0.15, -0.1) is 0 Å². The predicted octanol–water partition coefficient (Wildman–Crippen LogP) is 1.20. The summed E-state index contributed by atoms with van der Waals surface area (Å²) < 4.78 is 11.7. The molecule has 0 amide bonds. The van der Waals surface area contributed by atoms with E-state index in [0.29, 0.717) is 31.8 Å². The van der Waals surface area contributed by atoms with Gasteiger partial charge in [0.05, 0.1) is 0 Å². The molecule has 0 aromatic rings. The Kier molecular flexibility index (Phi) is 8.27. The van der Waals surface area contributed by atoms with Crippen molar-refractivity contribution in [3.8, 4) is 0 Å². The van der Waals surface area contributed by atoms with Crippen molar-refractivity contribution in [2.45, 2.75) is 38.8 Å². The van der Waals surface area contributed by atoms with Crippen molar-refractivity contribution in [1.82, 2.24) is 0 Å². The molecule has 0 saturated heterocycles. The Morgan fingerprint density at radius 1 is 1.00 bits per heavy atom. The molecule has 0 heterocycles. The highest BCUT2D eigenvalue weighted by Gasteiger charge is 2.39. The summed E-state index contributed by atoms with van der Waals surface area (Å²) in [6.45, 7) is 8.89. The van der Waals surface area contributed by atoms with Crippen molar-refractivity contribution in [2.24, 2.45) is 11.5 Å². The number of hydrogen-bond acceptors (Lipinski definition) is 4. The van der Waals surface area contributed by atoms with Crippen molar-refractivity contribution < 1.29 is 8.85 Å². The zero-order valence-corrected chi connectivity index (χ0v) is 11.3. The topological polar surface area (TPSA) is 70.5 Å². The van der Waals surface area contributed by atoms with Crippen LogP contribution in [0.15, 0.2) is 0 Å². The lowest BCUT2D eigenvalue weighted by Crippen LogP contribution is -2.45. The molecule has 0 fully saturated rings. The Hall–Kier alpha value is 0.0569. The first kappa shape index (κ1) is 15.1. The van der Waals surface area contributed by atoms with Crippen LogP contribution in [-0.2, 0) is 8.85 Å². The van der Waals surface area contributed by atoms with Gasteiger partial charge in [0, 0.05) is 18.8 Å². The van der Waals surface area contributed by atoms with Gasteiger partial charge in [0.15, 0.2) is 0 Å². The van der Waals surface area contributed by atoms with E-state index in [1.807, 2.05) is 13.8 Å². The molecule has 15 heavy (non-hydrogen) atoms. The monoisotopic (exact) mass is 234 g/mol. The fraction of sp³-hybridized carbons (Fsp3) is 1.00. The average Bonchev–Trinajstić information content (AvgIpc) is 2.18. The Bertz CT molecular complexity index is 146. The van der Waals surface area contributed by atoms with Gasteiger partial charge in [-0.1, -0.05) is 0 Å². The maximum atomic E-state index is 5.84. The van der Waals surface area contributed by atoms with Crippen LogP contribution < -0.4 is 11.5 Å². The first-order valence-corrected chi connectivity index (χ1v) is 8.22. The van der Waals surface area contributed by atoms with Crippen LogP contribution in [0.1, 0.15) is 26.7 Å². The van der Waals surface area contributed by atoms with Gasteiger partial charge in [-0.2, -0.15) is 0 Å². The molecular formula is C10H26N2O2Si. The third-order valence-electron chi connectivity index (χ3n) is 2.63. The molecule has 0 aliphatic carbocycles. The molecule has 0 radical (unpaired) electrons. The molecule has 4 N–H and O–H groups in total. The van der Waals surface area contributed by atoms with Crippen LogP contribution in [0.2, 0.25) is 12.1 Å². The smallest absolute Gasteiger partial charge is 0.338 e. The van der Waals surface area contributed by atoms with Crippen LogP contribution in [0.5, 0.6) is 0 Å². The maximum absolute atomic E-state index is 5.84. The summed E-state index contributed by atoms with van der Waals surface area (Å²) in [5, 5.41) is 0. The number of nitrogens with two attached hydrogens (primary N) is 2. The van der Waals surface area contributed by atoms with Crippen molar-refractivity contribution >= 4 is 8.56 Å². The zero-order valence-electron chi connectivity index (χ0n) is 10.3. The van der Waals surface area contributed by atoms with Gasteiger partial charge in [-0.25, -0.2) is 0 Å². The van der Waals surface area contributed by atoms with Gasteiger partial charge in [-0.3, -0.25) is 0 Å². The minimum atomic E-state index is -2.08. The van der Waals surface area contributed by atoms with Gasteiger partial charge in [0.2, 0.25) is 0 Å². The second kappa shape index (κ2) is 8.24. The third-order valence-corrected chi connectivity index (χ3v) is 6.42. The zero-order chi connectivity index (χ0) is 11.7. The lowest BCUT2D eigenvalue weighted by Gasteiger charge is -2.33. The molecular weight excluding hydrogens is 208 g/mol. The molecule has 0 saturated carbocycles. The average molecular weight is 234 g/mol. The molecule has 0 aliphatic heterocycles. The molecule has 4 nitrogen and oxygen atoms in total. The predicted molar refractivity (Wildman–Crippen MR) is 66.0 cm³/mol. The molecule has 0 unspecified atom stereocenters. The summed E-state index contributed by atoms with van der Waals surface area (Å²) in [4.78, 5) is 0. The molecule has 92 valence electrons. The highest BCUT2D eigenvalue weighted by Crippen LogP contribution is 2.30. The molecule has 0 aromatic heterocycles. The molecule has 0 spiro atoms. The Balaban J connectivity index is 4.48. The fourth-order valence-electron chi connectivity index (χ4n) is 1.92. The minimum absolute atomic E-state index is 0.410. The quantitative estimate of drug-likeness (QED) is 0.588. The lowest BCUT2D eigenvalue weighted by atomic mass is 10.2. The first-order valence-electron chi connectivity index (χ1n) is 5.82. The summed E-state index contributed by atoms with van der Waals surface area (Å²) in [5.41, 5.74) is 11.6. The van der Waals surface area contributed by atoms with E-state index in [1.165, 1.54) is 0 Å². The summed E-state index contributed by atoms with van der Waals surface area (Å²) in [6, 6.07) is 0. The Labute approximate surface area is 94.6 Å². The van der Waals surface area contributed by atoms with Crippen molar-refractivity contribution in [3.63, 3.8) is 0 Å². The summed E-state index contributed by atoms with van der Waals surface area (Å²) in [6.07, 6.45) is 1.89. The molecule has 0 rings (SSSR count). The fourth-order valence-corrected chi connectivity index (χ4v) is 5.00. The summed E-state index contributed by atoms with van der Waals surface area (Å²) in [5.74, 6) is 0. The van der Waals surface area contributed by atoms with E-state index >= 15 is 0 Å². The van der Waals surface area contributed by atoms with Gasteiger partial charge in [0.25, 0.3) is 0 Å². The van der Waals surface area contributed by atoms with E-state index in [4.69, 9.17) is 20.3 Å². The van der Waals surface area contributed by atoms with E-state index in [-0.39, 0.29) is 0 Å². The standard InChI is InChI=1S/C10H26N2O2Si/c1-4-13-15(3,14-5-2)10(6-8-11)7-9-12/h10H,4-9,11-12H2,1-3H3. The summed E-state index contributed by atoms with van der Waals surface area (Å²) >= 11 is 0. The normalized spacial score (nSPS) is 12.4. The van der Waals surface area contributed by atoms with Crippen LogP contribution in [0.4, 0.5) is 0 Å². The van der Waals surface area contributed by atoms with Gasteiger partial charge < -0.3 is 20.3 Å². The molecule has 0 bridgehead atoms. The van der Waals surface area contributed by atoms with Gasteiger partial charge in [-0.05, 0) is 46.3 Å². The Morgan fingerprint density at radius 3 is 1.67 bits per heavy atom. The molecule has 0 atom stereocenters. The second-order valence-electron chi connectivity index (χ2n) is 3.73. The van der Waals surface area contributed by atoms with Gasteiger partial charge >= 0.3 is 8.56 Å². The number of hydrogen-bond donors (Lipinski definition) is 2. The van der Waals surface area contributed by atoms with E-state index in [9.17, 15) is 0 Å². The van der Waals surface area contributed by atoms with E-state index in [0.717, 1.165) is 12.8 Å². The summed E-state index contributed by atoms with van der Waals surface area (Å²) in [7, 11) is -2.08. The molecule has 0 aromatic carbocycles.